The molecule has 0 spiro atoms. The van der Waals surface area contributed by atoms with E-state index < -0.39 is 5.54 Å². The molecule has 1 aromatic rings. The van der Waals surface area contributed by atoms with E-state index in [0.29, 0.717) is 11.7 Å². The molecule has 2 N–H and O–H groups in total. The third-order valence-electron chi connectivity index (χ3n) is 3.35. The molecule has 0 aromatic carbocycles. The molecule has 5 nitrogen and oxygen atoms in total. The summed E-state index contributed by atoms with van der Waals surface area (Å²) in [6.07, 6.45) is 3.58. The summed E-state index contributed by atoms with van der Waals surface area (Å²) in [5.74, 6) is 1.17. The summed E-state index contributed by atoms with van der Waals surface area (Å²) in [7, 11) is 0. The zero-order chi connectivity index (χ0) is 11.6. The van der Waals surface area contributed by atoms with Crippen molar-refractivity contribution in [2.24, 2.45) is 5.73 Å². The van der Waals surface area contributed by atoms with Crippen LogP contribution in [0, 0.1) is 0 Å². The Hall–Kier alpha value is -0.940. The lowest BCUT2D eigenvalue weighted by molar-refractivity contribution is 0.0835. The second kappa shape index (κ2) is 4.51. The van der Waals surface area contributed by atoms with Gasteiger partial charge in [-0.25, -0.2) is 0 Å². The molecule has 0 aliphatic carbocycles. The maximum Gasteiger partial charge on any atom is 0.255 e. The Labute approximate surface area is 95.3 Å². The highest BCUT2D eigenvalue weighted by Gasteiger charge is 2.31. The summed E-state index contributed by atoms with van der Waals surface area (Å²) in [4.78, 5) is 4.38. The SMILES string of the molecule is CCC(N)(CC)c1noc(C2CCCO2)n1. The predicted molar refractivity (Wildman–Crippen MR) is 58.7 cm³/mol. The van der Waals surface area contributed by atoms with Crippen molar-refractivity contribution >= 4 is 0 Å². The van der Waals surface area contributed by atoms with Gasteiger partial charge in [-0.15, -0.1) is 0 Å². The molecule has 1 aliphatic heterocycles. The molecule has 1 unspecified atom stereocenters. The summed E-state index contributed by atoms with van der Waals surface area (Å²) in [5, 5.41) is 3.98. The number of nitrogens with zero attached hydrogens (tertiary/aromatic N) is 2. The fraction of sp³-hybridized carbons (Fsp3) is 0.818. The smallest absolute Gasteiger partial charge is 0.255 e. The van der Waals surface area contributed by atoms with Gasteiger partial charge in [0, 0.05) is 6.61 Å². The average molecular weight is 225 g/mol. The predicted octanol–water partition coefficient (Wildman–Crippen LogP) is 1.90. The highest BCUT2D eigenvalue weighted by Crippen LogP contribution is 2.29. The van der Waals surface area contributed by atoms with E-state index in [1.54, 1.807) is 0 Å². The van der Waals surface area contributed by atoms with Crippen LogP contribution in [0.1, 0.15) is 57.3 Å². The number of hydrogen-bond donors (Lipinski definition) is 1. The summed E-state index contributed by atoms with van der Waals surface area (Å²) < 4.78 is 10.7. The van der Waals surface area contributed by atoms with Gasteiger partial charge in [0.25, 0.3) is 5.89 Å². The number of ether oxygens (including phenoxy) is 1. The van der Waals surface area contributed by atoms with Gasteiger partial charge in [0.2, 0.25) is 0 Å². The number of hydrogen-bond acceptors (Lipinski definition) is 5. The molecule has 0 amide bonds. The van der Waals surface area contributed by atoms with E-state index in [-0.39, 0.29) is 6.10 Å². The summed E-state index contributed by atoms with van der Waals surface area (Å²) in [6.45, 7) is 4.84. The molecule has 0 saturated carbocycles. The Morgan fingerprint density at radius 1 is 1.44 bits per heavy atom. The third-order valence-corrected chi connectivity index (χ3v) is 3.35. The largest absolute Gasteiger partial charge is 0.368 e. The van der Waals surface area contributed by atoms with Gasteiger partial charge in [0.1, 0.15) is 6.10 Å². The van der Waals surface area contributed by atoms with E-state index in [1.165, 1.54) is 0 Å². The lowest BCUT2D eigenvalue weighted by Crippen LogP contribution is -2.36. The fourth-order valence-electron chi connectivity index (χ4n) is 1.91. The van der Waals surface area contributed by atoms with Crippen LogP contribution in [0.3, 0.4) is 0 Å². The van der Waals surface area contributed by atoms with Crippen LogP contribution in [0.15, 0.2) is 4.52 Å². The topological polar surface area (TPSA) is 74.2 Å². The van der Waals surface area contributed by atoms with Crippen molar-refractivity contribution < 1.29 is 9.26 Å². The first-order chi connectivity index (χ1) is 7.69. The molecule has 0 radical (unpaired) electrons. The van der Waals surface area contributed by atoms with Crippen LogP contribution >= 0.6 is 0 Å². The Morgan fingerprint density at radius 2 is 2.19 bits per heavy atom. The van der Waals surface area contributed by atoms with Crippen LogP contribution in [0.25, 0.3) is 0 Å². The maximum atomic E-state index is 6.20. The van der Waals surface area contributed by atoms with Gasteiger partial charge in [0.15, 0.2) is 5.82 Å². The van der Waals surface area contributed by atoms with Gasteiger partial charge in [-0.2, -0.15) is 4.98 Å². The summed E-state index contributed by atoms with van der Waals surface area (Å²) in [5.41, 5.74) is 5.73. The van der Waals surface area contributed by atoms with Crippen molar-refractivity contribution in [2.75, 3.05) is 6.61 Å². The minimum Gasteiger partial charge on any atom is -0.368 e. The first-order valence-electron chi connectivity index (χ1n) is 5.94. The second-order valence-electron chi connectivity index (χ2n) is 4.32. The van der Waals surface area contributed by atoms with Crippen molar-refractivity contribution in [1.82, 2.24) is 10.1 Å². The lowest BCUT2D eigenvalue weighted by Gasteiger charge is -2.21. The number of nitrogens with two attached hydrogens (primary N) is 1. The molecule has 1 saturated heterocycles. The molecule has 1 fully saturated rings. The van der Waals surface area contributed by atoms with Crippen LogP contribution in [0.5, 0.6) is 0 Å². The quantitative estimate of drug-likeness (QED) is 0.847. The fourth-order valence-corrected chi connectivity index (χ4v) is 1.91. The molecule has 16 heavy (non-hydrogen) atoms. The minimum atomic E-state index is -0.472. The van der Waals surface area contributed by atoms with Gasteiger partial charge < -0.3 is 15.0 Å². The minimum absolute atomic E-state index is 0.0285. The van der Waals surface area contributed by atoms with Gasteiger partial charge in [-0.1, -0.05) is 19.0 Å². The normalized spacial score (nSPS) is 21.6. The van der Waals surface area contributed by atoms with Crippen molar-refractivity contribution in [3.05, 3.63) is 11.7 Å². The van der Waals surface area contributed by atoms with Crippen LogP contribution < -0.4 is 5.73 Å². The molecular weight excluding hydrogens is 206 g/mol. The Kier molecular flexibility index (Phi) is 3.25. The van der Waals surface area contributed by atoms with E-state index in [1.807, 2.05) is 13.8 Å². The molecular formula is C11H19N3O2. The highest BCUT2D eigenvalue weighted by molar-refractivity contribution is 5.04. The molecule has 5 heteroatoms. The van der Waals surface area contributed by atoms with E-state index >= 15 is 0 Å². The highest BCUT2D eigenvalue weighted by atomic mass is 16.5. The Morgan fingerprint density at radius 3 is 2.75 bits per heavy atom. The maximum absolute atomic E-state index is 6.20. The summed E-state index contributed by atoms with van der Waals surface area (Å²) in [6, 6.07) is 0. The van der Waals surface area contributed by atoms with Gasteiger partial charge >= 0.3 is 0 Å². The van der Waals surface area contributed by atoms with Gasteiger partial charge in [-0.05, 0) is 25.7 Å². The van der Waals surface area contributed by atoms with Gasteiger partial charge in [0.05, 0.1) is 5.54 Å². The number of rotatable bonds is 4. The number of aromatic nitrogens is 2. The standard InChI is InChI=1S/C11H19N3O2/c1-3-11(12,4-2)10-13-9(16-14-10)8-6-5-7-15-8/h8H,3-7,12H2,1-2H3. The van der Waals surface area contributed by atoms with E-state index in [2.05, 4.69) is 10.1 Å². The monoisotopic (exact) mass is 225 g/mol. The zero-order valence-corrected chi connectivity index (χ0v) is 9.90. The molecule has 2 rings (SSSR count). The summed E-state index contributed by atoms with van der Waals surface area (Å²) >= 11 is 0. The first-order valence-corrected chi connectivity index (χ1v) is 5.94. The molecule has 1 aromatic heterocycles. The van der Waals surface area contributed by atoms with Crippen molar-refractivity contribution in [1.29, 1.82) is 0 Å². The van der Waals surface area contributed by atoms with E-state index in [9.17, 15) is 0 Å². The molecule has 1 atom stereocenters. The average Bonchev–Trinajstić information content (AvgIpc) is 2.97. The molecule has 2 heterocycles. The van der Waals surface area contributed by atoms with Crippen LogP contribution in [0.4, 0.5) is 0 Å². The van der Waals surface area contributed by atoms with Gasteiger partial charge in [-0.3, -0.25) is 0 Å². The molecule has 0 bridgehead atoms. The van der Waals surface area contributed by atoms with Crippen LogP contribution in [-0.2, 0) is 10.3 Å². The second-order valence-corrected chi connectivity index (χ2v) is 4.32. The van der Waals surface area contributed by atoms with Crippen LogP contribution in [0.2, 0.25) is 0 Å². The van der Waals surface area contributed by atoms with Crippen LogP contribution in [-0.4, -0.2) is 16.7 Å². The zero-order valence-electron chi connectivity index (χ0n) is 9.90. The first kappa shape index (κ1) is 11.5. The van der Waals surface area contributed by atoms with E-state index in [0.717, 1.165) is 32.3 Å². The van der Waals surface area contributed by atoms with Crippen molar-refractivity contribution in [3.8, 4) is 0 Å². The van der Waals surface area contributed by atoms with E-state index in [4.69, 9.17) is 15.0 Å². The van der Waals surface area contributed by atoms with Crippen molar-refractivity contribution in [2.45, 2.75) is 51.2 Å². The molecule has 90 valence electrons. The molecule has 1 aliphatic rings. The lowest BCUT2D eigenvalue weighted by atomic mass is 9.93. The Balaban J connectivity index is 2.17. The Bertz CT molecular complexity index is 341. The third kappa shape index (κ3) is 1.97. The van der Waals surface area contributed by atoms with Crippen molar-refractivity contribution in [3.63, 3.8) is 0 Å².